The number of fused-ring (bicyclic) bond motifs is 1. The molecule has 5 rings (SSSR count). The molecule has 1 aliphatic heterocycles. The molecule has 1 aliphatic rings. The van der Waals surface area contributed by atoms with Gasteiger partial charge in [-0.2, -0.15) is 18.3 Å². The van der Waals surface area contributed by atoms with Crippen molar-refractivity contribution in [2.75, 3.05) is 23.3 Å². The molecule has 1 aromatic carbocycles. The SMILES string of the molecule is CC(C)(C)OC(=O)N[C@@H]1CCCN(c2c(C(F)(F)F)cnc3[nH]cc(NC(=O)c4cnn(Cc5ccccc5)c4)c23)C1. The van der Waals surface area contributed by atoms with Crippen molar-refractivity contribution >= 4 is 34.4 Å². The van der Waals surface area contributed by atoms with Crippen LogP contribution in [0.5, 0.6) is 0 Å². The summed E-state index contributed by atoms with van der Waals surface area (Å²) in [6.07, 6.45) is 0.974. The van der Waals surface area contributed by atoms with Gasteiger partial charge in [-0.1, -0.05) is 30.3 Å². The second kappa shape index (κ2) is 11.4. The average molecular weight is 584 g/mol. The zero-order valence-corrected chi connectivity index (χ0v) is 23.5. The number of H-pyrrole nitrogens is 1. The highest BCUT2D eigenvalue weighted by molar-refractivity contribution is 6.11. The molecule has 0 aliphatic carbocycles. The van der Waals surface area contributed by atoms with Crippen LogP contribution in [0.25, 0.3) is 11.0 Å². The van der Waals surface area contributed by atoms with Gasteiger partial charge in [-0.15, -0.1) is 0 Å². The zero-order chi connectivity index (χ0) is 30.1. The van der Waals surface area contributed by atoms with Crippen molar-refractivity contribution in [3.63, 3.8) is 0 Å². The highest BCUT2D eigenvalue weighted by Gasteiger charge is 2.39. The predicted molar refractivity (Wildman–Crippen MR) is 151 cm³/mol. The van der Waals surface area contributed by atoms with Crippen molar-refractivity contribution in [2.24, 2.45) is 0 Å². The quantitative estimate of drug-likeness (QED) is 0.273. The van der Waals surface area contributed by atoms with Crippen LogP contribution in [0.2, 0.25) is 0 Å². The number of ether oxygens (including phenoxy) is 1. The Balaban J connectivity index is 1.43. The molecule has 3 N–H and O–H groups in total. The monoisotopic (exact) mass is 583 g/mol. The molecule has 42 heavy (non-hydrogen) atoms. The van der Waals surface area contributed by atoms with Gasteiger partial charge in [0.05, 0.1) is 40.6 Å². The molecular formula is C29H32F3N7O3. The third-order valence-electron chi connectivity index (χ3n) is 6.77. The highest BCUT2D eigenvalue weighted by atomic mass is 19.4. The summed E-state index contributed by atoms with van der Waals surface area (Å²) in [6, 6.07) is 9.15. The number of rotatable bonds is 6. The Bertz CT molecular complexity index is 1570. The average Bonchev–Trinajstić information content (AvgIpc) is 3.54. The molecule has 0 radical (unpaired) electrons. The zero-order valence-electron chi connectivity index (χ0n) is 23.5. The maximum atomic E-state index is 14.3. The maximum absolute atomic E-state index is 14.3. The van der Waals surface area contributed by atoms with E-state index in [1.807, 2.05) is 30.3 Å². The molecule has 2 amide bonds. The van der Waals surface area contributed by atoms with Crippen LogP contribution < -0.4 is 15.5 Å². The highest BCUT2D eigenvalue weighted by Crippen LogP contribution is 2.43. The second-order valence-electron chi connectivity index (χ2n) is 11.2. The normalized spacial score (nSPS) is 16.0. The number of nitrogens with zero attached hydrogens (tertiary/aromatic N) is 4. The van der Waals surface area contributed by atoms with Gasteiger partial charge in [0, 0.05) is 37.7 Å². The number of halogens is 3. The Morgan fingerprint density at radius 3 is 2.62 bits per heavy atom. The van der Waals surface area contributed by atoms with E-state index in [1.165, 1.54) is 12.4 Å². The smallest absolute Gasteiger partial charge is 0.419 e. The number of anilines is 2. The standard InChI is InChI=1S/C29H32F3N7O3/c1-28(2,3)42-27(41)36-20-10-7-11-38(17-20)24-21(29(30,31)32)13-33-25-23(24)22(14-34-25)37-26(40)19-12-35-39(16-19)15-18-8-5-4-6-9-18/h4-6,8-9,12-14,16,20H,7,10-11,15,17H2,1-3H3,(H,33,34)(H,36,41)(H,37,40)/t20-/m1/s1. The second-order valence-corrected chi connectivity index (χ2v) is 11.2. The van der Waals surface area contributed by atoms with Gasteiger partial charge in [0.1, 0.15) is 11.2 Å². The Hall–Kier alpha value is -4.55. The summed E-state index contributed by atoms with van der Waals surface area (Å²) in [6.45, 7) is 6.10. The van der Waals surface area contributed by atoms with E-state index in [0.717, 1.165) is 11.8 Å². The molecule has 222 valence electrons. The minimum Gasteiger partial charge on any atom is -0.444 e. The van der Waals surface area contributed by atoms with Crippen molar-refractivity contribution in [3.8, 4) is 0 Å². The molecule has 0 saturated carbocycles. The van der Waals surface area contributed by atoms with Crippen molar-refractivity contribution in [1.82, 2.24) is 25.1 Å². The lowest BCUT2D eigenvalue weighted by Crippen LogP contribution is -2.49. The molecule has 13 heteroatoms. The molecule has 10 nitrogen and oxygen atoms in total. The van der Waals surface area contributed by atoms with Crippen LogP contribution >= 0.6 is 0 Å². The van der Waals surface area contributed by atoms with E-state index >= 15 is 0 Å². The molecular weight excluding hydrogens is 551 g/mol. The third-order valence-corrected chi connectivity index (χ3v) is 6.77. The number of carbonyl (C=O) groups excluding carboxylic acids is 2. The summed E-state index contributed by atoms with van der Waals surface area (Å²) >= 11 is 0. The number of pyridine rings is 1. The van der Waals surface area contributed by atoms with Crippen LogP contribution in [0.4, 0.5) is 29.3 Å². The fraction of sp³-hybridized carbons (Fsp3) is 0.379. The van der Waals surface area contributed by atoms with Gasteiger partial charge in [0.15, 0.2) is 0 Å². The first-order valence-electron chi connectivity index (χ1n) is 13.6. The van der Waals surface area contributed by atoms with Crippen LogP contribution in [-0.2, 0) is 17.5 Å². The minimum atomic E-state index is -4.71. The first-order valence-corrected chi connectivity index (χ1v) is 13.6. The van der Waals surface area contributed by atoms with E-state index in [1.54, 1.807) is 36.5 Å². The third kappa shape index (κ3) is 6.67. The van der Waals surface area contributed by atoms with Crippen LogP contribution in [0, 0.1) is 0 Å². The van der Waals surface area contributed by atoms with E-state index in [9.17, 15) is 22.8 Å². The topological polar surface area (TPSA) is 117 Å². The molecule has 1 fully saturated rings. The van der Waals surface area contributed by atoms with Gasteiger partial charge in [-0.25, -0.2) is 9.78 Å². The van der Waals surface area contributed by atoms with Gasteiger partial charge in [-0.3, -0.25) is 9.48 Å². The molecule has 1 saturated heterocycles. The number of carbonyl (C=O) groups is 2. The van der Waals surface area contributed by atoms with Crippen LogP contribution in [0.15, 0.2) is 55.1 Å². The van der Waals surface area contributed by atoms with Crippen molar-refractivity contribution in [1.29, 1.82) is 0 Å². The Kier molecular flexibility index (Phi) is 7.85. The van der Waals surface area contributed by atoms with Gasteiger partial charge < -0.3 is 25.3 Å². The van der Waals surface area contributed by atoms with Crippen molar-refractivity contribution < 1.29 is 27.5 Å². The number of aromatic amines is 1. The minimum absolute atomic E-state index is 0.112. The van der Waals surface area contributed by atoms with E-state index in [4.69, 9.17) is 4.74 Å². The molecule has 3 aromatic heterocycles. The van der Waals surface area contributed by atoms with Crippen LogP contribution in [0.1, 0.15) is 55.1 Å². The summed E-state index contributed by atoms with van der Waals surface area (Å²) in [4.78, 5) is 34.0. The lowest BCUT2D eigenvalue weighted by molar-refractivity contribution is -0.137. The Morgan fingerprint density at radius 2 is 1.90 bits per heavy atom. The predicted octanol–water partition coefficient (Wildman–Crippen LogP) is 5.57. The Morgan fingerprint density at radius 1 is 1.14 bits per heavy atom. The molecule has 1 atom stereocenters. The molecule has 0 spiro atoms. The molecule has 0 bridgehead atoms. The van der Waals surface area contributed by atoms with Crippen LogP contribution in [0.3, 0.4) is 0 Å². The number of piperidine rings is 1. The van der Waals surface area contributed by atoms with Gasteiger partial charge in [-0.05, 0) is 39.2 Å². The first kappa shape index (κ1) is 29.0. The number of benzene rings is 1. The van der Waals surface area contributed by atoms with Gasteiger partial charge in [0.2, 0.25) is 0 Å². The number of amides is 2. The Labute approximate surface area is 240 Å². The number of alkyl halides is 3. The van der Waals surface area contributed by atoms with E-state index in [-0.39, 0.29) is 34.5 Å². The maximum Gasteiger partial charge on any atom is 0.419 e. The molecule has 4 aromatic rings. The van der Waals surface area contributed by atoms with E-state index in [0.29, 0.717) is 25.9 Å². The lowest BCUT2D eigenvalue weighted by Gasteiger charge is -2.36. The number of hydrogen-bond donors (Lipinski definition) is 3. The lowest BCUT2D eigenvalue weighted by atomic mass is 10.0. The number of hydrogen-bond acceptors (Lipinski definition) is 6. The number of nitrogens with one attached hydrogen (secondary N) is 3. The number of aromatic nitrogens is 4. The summed E-state index contributed by atoms with van der Waals surface area (Å²) in [7, 11) is 0. The summed E-state index contributed by atoms with van der Waals surface area (Å²) in [5.74, 6) is -0.526. The summed E-state index contributed by atoms with van der Waals surface area (Å²) < 4.78 is 49.9. The number of alkyl carbamates (subject to hydrolysis) is 1. The fourth-order valence-corrected chi connectivity index (χ4v) is 5.02. The molecule has 4 heterocycles. The largest absolute Gasteiger partial charge is 0.444 e. The van der Waals surface area contributed by atoms with Gasteiger partial charge in [0.25, 0.3) is 5.91 Å². The first-order chi connectivity index (χ1) is 19.9. The van der Waals surface area contributed by atoms with Crippen LogP contribution in [-0.4, -0.2) is 56.5 Å². The van der Waals surface area contributed by atoms with Gasteiger partial charge >= 0.3 is 12.3 Å². The summed E-state index contributed by atoms with van der Waals surface area (Å²) in [5, 5.41) is 9.90. The van der Waals surface area contributed by atoms with Crippen molar-refractivity contribution in [2.45, 2.75) is 58.0 Å². The molecule has 0 unspecified atom stereocenters. The van der Waals surface area contributed by atoms with Crippen molar-refractivity contribution in [3.05, 3.63) is 71.8 Å². The summed E-state index contributed by atoms with van der Waals surface area (Å²) in [5.41, 5.74) is -0.160. The van der Waals surface area contributed by atoms with E-state index in [2.05, 4.69) is 25.7 Å². The fourth-order valence-electron chi connectivity index (χ4n) is 5.02. The van der Waals surface area contributed by atoms with E-state index < -0.39 is 35.4 Å².